The fourth-order valence-corrected chi connectivity index (χ4v) is 2.55. The highest BCUT2D eigenvalue weighted by molar-refractivity contribution is 6.21. The largest absolute Gasteiger partial charge is 0.492 e. The first-order valence-electron chi connectivity index (χ1n) is 7.06. The molecule has 112 valence electrons. The number of amides is 2. The highest BCUT2D eigenvalue weighted by Crippen LogP contribution is 2.25. The maximum absolute atomic E-state index is 11.9. The van der Waals surface area contributed by atoms with E-state index < -0.39 is 0 Å². The van der Waals surface area contributed by atoms with E-state index in [0.717, 1.165) is 37.7 Å². The van der Waals surface area contributed by atoms with E-state index in [9.17, 15) is 9.59 Å². The number of hydrogen-bond acceptors (Lipinski definition) is 5. The molecule has 1 aromatic rings. The quantitative estimate of drug-likeness (QED) is 0.761. The molecule has 0 aromatic heterocycles. The van der Waals surface area contributed by atoms with Gasteiger partial charge >= 0.3 is 0 Å². The minimum absolute atomic E-state index is 0.255. The molecule has 0 unspecified atom stereocenters. The van der Waals surface area contributed by atoms with Gasteiger partial charge in [-0.15, -0.1) is 0 Å². The normalized spacial score (nSPS) is 19.0. The number of morpholine rings is 1. The molecule has 3 rings (SSSR count). The lowest BCUT2D eigenvalue weighted by atomic mass is 10.1. The molecule has 1 aromatic carbocycles. The maximum atomic E-state index is 11.9. The van der Waals surface area contributed by atoms with Crippen molar-refractivity contribution in [2.75, 3.05) is 46.5 Å². The molecule has 0 bridgehead atoms. The Morgan fingerprint density at radius 2 is 1.86 bits per heavy atom. The minimum atomic E-state index is -0.270. The second kappa shape index (κ2) is 5.83. The molecule has 2 amide bonds. The summed E-state index contributed by atoms with van der Waals surface area (Å²) in [5.41, 5.74) is 0.870. The topological polar surface area (TPSA) is 59.1 Å². The van der Waals surface area contributed by atoms with E-state index in [4.69, 9.17) is 9.47 Å². The van der Waals surface area contributed by atoms with Gasteiger partial charge in [0.1, 0.15) is 12.4 Å². The SMILES string of the molecule is CN1C(=O)c2ccc(OCCN3CCOCC3)cc2C1=O. The van der Waals surface area contributed by atoms with Crippen molar-refractivity contribution in [1.82, 2.24) is 9.80 Å². The molecular weight excluding hydrogens is 272 g/mol. The van der Waals surface area contributed by atoms with Gasteiger partial charge < -0.3 is 9.47 Å². The summed E-state index contributed by atoms with van der Waals surface area (Å²) in [4.78, 5) is 27.1. The monoisotopic (exact) mass is 290 g/mol. The van der Waals surface area contributed by atoms with Crippen LogP contribution >= 0.6 is 0 Å². The van der Waals surface area contributed by atoms with Crippen LogP contribution in [0.1, 0.15) is 20.7 Å². The van der Waals surface area contributed by atoms with Gasteiger partial charge in [0, 0.05) is 26.7 Å². The van der Waals surface area contributed by atoms with Crippen LogP contribution in [0, 0.1) is 0 Å². The highest BCUT2D eigenvalue weighted by atomic mass is 16.5. The van der Waals surface area contributed by atoms with Gasteiger partial charge in [0.05, 0.1) is 24.3 Å². The van der Waals surface area contributed by atoms with Gasteiger partial charge in [-0.3, -0.25) is 19.4 Å². The molecule has 0 atom stereocenters. The molecular formula is C15H18N2O4. The van der Waals surface area contributed by atoms with Crippen LogP contribution in [0.5, 0.6) is 5.75 Å². The van der Waals surface area contributed by atoms with Crippen LogP contribution in [0.3, 0.4) is 0 Å². The summed E-state index contributed by atoms with van der Waals surface area (Å²) in [6.07, 6.45) is 0. The van der Waals surface area contributed by atoms with Crippen LogP contribution in [-0.2, 0) is 4.74 Å². The number of nitrogens with zero attached hydrogens (tertiary/aromatic N) is 2. The van der Waals surface area contributed by atoms with Gasteiger partial charge in [0.25, 0.3) is 11.8 Å². The molecule has 0 N–H and O–H groups in total. The highest BCUT2D eigenvalue weighted by Gasteiger charge is 2.32. The Morgan fingerprint density at radius 1 is 1.14 bits per heavy atom. The number of carbonyl (C=O) groups excluding carboxylic acids is 2. The zero-order valence-electron chi connectivity index (χ0n) is 12.0. The van der Waals surface area contributed by atoms with Gasteiger partial charge in [-0.1, -0.05) is 0 Å². The summed E-state index contributed by atoms with van der Waals surface area (Å²) in [6.45, 7) is 4.75. The fraction of sp³-hybridized carbons (Fsp3) is 0.467. The van der Waals surface area contributed by atoms with Crippen molar-refractivity contribution >= 4 is 11.8 Å². The lowest BCUT2D eigenvalue weighted by Gasteiger charge is -2.26. The summed E-state index contributed by atoms with van der Waals surface area (Å²) in [5, 5.41) is 0. The number of carbonyl (C=O) groups is 2. The molecule has 6 heteroatoms. The van der Waals surface area contributed by atoms with Crippen LogP contribution in [0.4, 0.5) is 0 Å². The third kappa shape index (κ3) is 2.77. The first-order chi connectivity index (χ1) is 10.2. The molecule has 0 radical (unpaired) electrons. The van der Waals surface area contributed by atoms with Crippen LogP contribution in [0.15, 0.2) is 18.2 Å². The van der Waals surface area contributed by atoms with E-state index in [1.54, 1.807) is 18.2 Å². The van der Waals surface area contributed by atoms with E-state index in [1.165, 1.54) is 7.05 Å². The van der Waals surface area contributed by atoms with Crippen LogP contribution in [0.25, 0.3) is 0 Å². The zero-order valence-corrected chi connectivity index (χ0v) is 12.0. The van der Waals surface area contributed by atoms with Crippen LogP contribution < -0.4 is 4.74 Å². The van der Waals surface area contributed by atoms with Crippen molar-refractivity contribution in [3.63, 3.8) is 0 Å². The van der Waals surface area contributed by atoms with Crippen LogP contribution in [0.2, 0.25) is 0 Å². The molecule has 0 aliphatic carbocycles. The number of rotatable bonds is 4. The molecule has 6 nitrogen and oxygen atoms in total. The molecule has 2 aliphatic rings. The van der Waals surface area contributed by atoms with E-state index in [1.807, 2.05) is 0 Å². The molecule has 1 fully saturated rings. The van der Waals surface area contributed by atoms with Crippen molar-refractivity contribution < 1.29 is 19.1 Å². The second-order valence-electron chi connectivity index (χ2n) is 5.18. The molecule has 0 spiro atoms. The van der Waals surface area contributed by atoms with Gasteiger partial charge in [0.2, 0.25) is 0 Å². The predicted octanol–water partition coefficient (Wildman–Crippen LogP) is 0.623. The summed E-state index contributed by atoms with van der Waals surface area (Å²) < 4.78 is 11.0. The van der Waals surface area contributed by atoms with Gasteiger partial charge in [-0.05, 0) is 18.2 Å². The minimum Gasteiger partial charge on any atom is -0.492 e. The molecule has 2 aliphatic heterocycles. The standard InChI is InChI=1S/C15H18N2O4/c1-16-14(18)12-3-2-11(10-13(12)15(16)19)21-9-6-17-4-7-20-8-5-17/h2-3,10H,4-9H2,1H3. The first kappa shape index (κ1) is 14.0. The second-order valence-corrected chi connectivity index (χ2v) is 5.18. The molecule has 1 saturated heterocycles. The average molecular weight is 290 g/mol. The zero-order chi connectivity index (χ0) is 14.8. The third-order valence-corrected chi connectivity index (χ3v) is 3.84. The summed E-state index contributed by atoms with van der Waals surface area (Å²) in [6, 6.07) is 5.05. The Hall–Kier alpha value is -1.92. The Balaban J connectivity index is 1.60. The van der Waals surface area contributed by atoms with Crippen molar-refractivity contribution in [3.8, 4) is 5.75 Å². The van der Waals surface area contributed by atoms with Gasteiger partial charge in [0.15, 0.2) is 0 Å². The predicted molar refractivity (Wildman–Crippen MR) is 75.6 cm³/mol. The lowest BCUT2D eigenvalue weighted by molar-refractivity contribution is 0.0322. The maximum Gasteiger partial charge on any atom is 0.261 e. The lowest BCUT2D eigenvalue weighted by Crippen LogP contribution is -2.38. The Morgan fingerprint density at radius 3 is 2.62 bits per heavy atom. The Bertz CT molecular complexity index is 567. The Kier molecular flexibility index (Phi) is 3.90. The first-order valence-corrected chi connectivity index (χ1v) is 7.06. The Labute approximate surface area is 123 Å². The van der Waals surface area contributed by atoms with E-state index >= 15 is 0 Å². The van der Waals surface area contributed by atoms with Crippen molar-refractivity contribution in [2.45, 2.75) is 0 Å². The van der Waals surface area contributed by atoms with E-state index in [-0.39, 0.29) is 11.8 Å². The summed E-state index contributed by atoms with van der Waals surface area (Å²) in [5.74, 6) is 0.0990. The smallest absolute Gasteiger partial charge is 0.261 e. The molecule has 0 saturated carbocycles. The van der Waals surface area contributed by atoms with Crippen molar-refractivity contribution in [3.05, 3.63) is 29.3 Å². The van der Waals surface area contributed by atoms with E-state index in [0.29, 0.717) is 23.5 Å². The number of hydrogen-bond donors (Lipinski definition) is 0. The summed E-state index contributed by atoms with van der Waals surface area (Å²) in [7, 11) is 1.49. The van der Waals surface area contributed by atoms with Crippen molar-refractivity contribution in [1.29, 1.82) is 0 Å². The number of ether oxygens (including phenoxy) is 2. The van der Waals surface area contributed by atoms with Crippen molar-refractivity contribution in [2.24, 2.45) is 0 Å². The van der Waals surface area contributed by atoms with Crippen LogP contribution in [-0.4, -0.2) is 68.1 Å². The summed E-state index contributed by atoms with van der Waals surface area (Å²) >= 11 is 0. The number of benzene rings is 1. The van der Waals surface area contributed by atoms with Gasteiger partial charge in [-0.25, -0.2) is 0 Å². The van der Waals surface area contributed by atoms with E-state index in [2.05, 4.69) is 4.90 Å². The van der Waals surface area contributed by atoms with Gasteiger partial charge in [-0.2, -0.15) is 0 Å². The molecule has 21 heavy (non-hydrogen) atoms. The molecule has 2 heterocycles. The third-order valence-electron chi connectivity index (χ3n) is 3.84. The number of imide groups is 1. The average Bonchev–Trinajstić information content (AvgIpc) is 2.73. The number of fused-ring (bicyclic) bond motifs is 1. The fourth-order valence-electron chi connectivity index (χ4n) is 2.55.